The topological polar surface area (TPSA) is 27.0 Å². The Morgan fingerprint density at radius 1 is 1.13 bits per heavy atom. The van der Waals surface area contributed by atoms with Crippen LogP contribution in [0.4, 0.5) is 10.1 Å². The summed E-state index contributed by atoms with van der Waals surface area (Å²) >= 11 is 5.86. The molecule has 3 rings (SSSR count). The van der Waals surface area contributed by atoms with Gasteiger partial charge in [0.15, 0.2) is 0 Å². The molecule has 2 aromatic rings. The highest BCUT2D eigenvalue weighted by Crippen LogP contribution is 2.26. The molecule has 2 nitrogen and oxygen atoms in total. The molecule has 0 aromatic heterocycles. The van der Waals surface area contributed by atoms with Gasteiger partial charge < -0.3 is 4.90 Å². The third-order valence-corrected chi connectivity index (χ3v) is 4.26. The van der Waals surface area contributed by atoms with Crippen molar-refractivity contribution in [1.82, 2.24) is 0 Å². The maximum Gasteiger partial charge on any atom is 0.147 e. The highest BCUT2D eigenvalue weighted by atomic mass is 35.5. The van der Waals surface area contributed by atoms with Crippen LogP contribution in [0.3, 0.4) is 0 Å². The summed E-state index contributed by atoms with van der Waals surface area (Å²) in [5, 5.41) is 9.97. The molecule has 0 aliphatic carbocycles. The summed E-state index contributed by atoms with van der Waals surface area (Å²) in [5.41, 5.74) is 2.57. The molecule has 0 N–H and O–H groups in total. The standard InChI is InChI=1S/C19H16ClFN2/c20-17-6-4-15(5-7-17)16(13-22)11-14-3-8-19(18(21)12-14)23-9-1-2-10-23/h3-8,11-12H,1-2,9-10H2/b16-11-. The summed E-state index contributed by atoms with van der Waals surface area (Å²) in [7, 11) is 0. The van der Waals surface area contributed by atoms with Crippen LogP contribution in [-0.4, -0.2) is 13.1 Å². The molecular formula is C19H16ClFN2. The molecular weight excluding hydrogens is 311 g/mol. The molecule has 0 radical (unpaired) electrons. The second-order valence-electron chi connectivity index (χ2n) is 5.58. The number of halogens is 2. The number of hydrogen-bond donors (Lipinski definition) is 0. The van der Waals surface area contributed by atoms with Crippen molar-refractivity contribution in [3.05, 3.63) is 64.4 Å². The molecule has 23 heavy (non-hydrogen) atoms. The molecule has 0 amide bonds. The van der Waals surface area contributed by atoms with Gasteiger partial charge in [-0.05, 0) is 54.3 Å². The Bertz CT molecular complexity index is 769. The van der Waals surface area contributed by atoms with Gasteiger partial charge >= 0.3 is 0 Å². The number of anilines is 1. The van der Waals surface area contributed by atoms with Crippen LogP contribution in [0.1, 0.15) is 24.0 Å². The number of rotatable bonds is 3. The number of hydrogen-bond acceptors (Lipinski definition) is 2. The van der Waals surface area contributed by atoms with Gasteiger partial charge in [0.1, 0.15) is 5.82 Å². The highest BCUT2D eigenvalue weighted by Gasteiger charge is 2.16. The Balaban J connectivity index is 1.90. The van der Waals surface area contributed by atoms with Crippen molar-refractivity contribution in [1.29, 1.82) is 5.26 Å². The maximum atomic E-state index is 14.3. The first-order chi connectivity index (χ1) is 11.2. The minimum absolute atomic E-state index is 0.242. The van der Waals surface area contributed by atoms with Gasteiger partial charge in [-0.25, -0.2) is 4.39 Å². The molecule has 0 bridgehead atoms. The van der Waals surface area contributed by atoms with Crippen molar-refractivity contribution >= 4 is 28.9 Å². The van der Waals surface area contributed by atoms with E-state index < -0.39 is 0 Å². The monoisotopic (exact) mass is 326 g/mol. The van der Waals surface area contributed by atoms with E-state index in [2.05, 4.69) is 11.0 Å². The zero-order chi connectivity index (χ0) is 16.2. The molecule has 0 unspecified atom stereocenters. The van der Waals surface area contributed by atoms with Crippen molar-refractivity contribution in [3.63, 3.8) is 0 Å². The number of benzene rings is 2. The van der Waals surface area contributed by atoms with Gasteiger partial charge in [0.25, 0.3) is 0 Å². The van der Waals surface area contributed by atoms with E-state index in [4.69, 9.17) is 11.6 Å². The van der Waals surface area contributed by atoms with Gasteiger partial charge in [-0.15, -0.1) is 0 Å². The molecule has 2 aromatic carbocycles. The van der Waals surface area contributed by atoms with E-state index in [-0.39, 0.29) is 5.82 Å². The minimum atomic E-state index is -0.242. The lowest BCUT2D eigenvalue weighted by atomic mass is 10.0. The van der Waals surface area contributed by atoms with Crippen LogP contribution in [0.2, 0.25) is 5.02 Å². The van der Waals surface area contributed by atoms with Crippen LogP contribution in [0.25, 0.3) is 11.6 Å². The van der Waals surface area contributed by atoms with Gasteiger partial charge in [0.05, 0.1) is 17.3 Å². The number of nitriles is 1. The molecule has 116 valence electrons. The van der Waals surface area contributed by atoms with Crippen molar-refractivity contribution in [3.8, 4) is 6.07 Å². The predicted octanol–water partition coefficient (Wildman–Crippen LogP) is 5.14. The summed E-state index contributed by atoms with van der Waals surface area (Å²) in [6.07, 6.45) is 3.91. The molecule has 1 fully saturated rings. The van der Waals surface area contributed by atoms with Gasteiger partial charge in [-0.3, -0.25) is 0 Å². The number of nitrogens with zero attached hydrogens (tertiary/aromatic N) is 2. The zero-order valence-corrected chi connectivity index (χ0v) is 13.4. The third-order valence-electron chi connectivity index (χ3n) is 4.01. The largest absolute Gasteiger partial charge is 0.369 e. The molecule has 0 saturated carbocycles. The van der Waals surface area contributed by atoms with Crippen molar-refractivity contribution < 1.29 is 4.39 Å². The van der Waals surface area contributed by atoms with Crippen LogP contribution < -0.4 is 4.90 Å². The summed E-state index contributed by atoms with van der Waals surface area (Å²) in [4.78, 5) is 2.06. The maximum absolute atomic E-state index is 14.3. The van der Waals surface area contributed by atoms with E-state index >= 15 is 0 Å². The van der Waals surface area contributed by atoms with E-state index in [0.717, 1.165) is 31.5 Å². The van der Waals surface area contributed by atoms with Crippen molar-refractivity contribution in [2.45, 2.75) is 12.8 Å². The fraction of sp³-hybridized carbons (Fsp3) is 0.211. The Labute approximate surface area is 140 Å². The normalized spacial score (nSPS) is 14.8. The second-order valence-corrected chi connectivity index (χ2v) is 6.02. The lowest BCUT2D eigenvalue weighted by Crippen LogP contribution is -2.18. The summed E-state index contributed by atoms with van der Waals surface area (Å²) in [6, 6.07) is 14.3. The van der Waals surface area contributed by atoms with Crippen LogP contribution in [0.15, 0.2) is 42.5 Å². The van der Waals surface area contributed by atoms with E-state index in [1.807, 2.05) is 6.07 Å². The molecule has 1 aliphatic rings. The van der Waals surface area contributed by atoms with E-state index in [1.165, 1.54) is 6.07 Å². The van der Waals surface area contributed by atoms with E-state index in [1.54, 1.807) is 36.4 Å². The van der Waals surface area contributed by atoms with Gasteiger partial charge in [0.2, 0.25) is 0 Å². The molecule has 4 heteroatoms. The second kappa shape index (κ2) is 6.85. The lowest BCUT2D eigenvalue weighted by molar-refractivity contribution is 0.623. The van der Waals surface area contributed by atoms with Gasteiger partial charge in [-0.2, -0.15) is 5.26 Å². The Morgan fingerprint density at radius 3 is 2.43 bits per heavy atom. The SMILES string of the molecule is N#C/C(=C/c1ccc(N2CCCC2)c(F)c1)c1ccc(Cl)cc1. The molecule has 0 spiro atoms. The molecule has 1 heterocycles. The summed E-state index contributed by atoms with van der Waals surface area (Å²) in [6.45, 7) is 1.81. The predicted molar refractivity (Wildman–Crippen MR) is 92.8 cm³/mol. The quantitative estimate of drug-likeness (QED) is 0.576. The Morgan fingerprint density at radius 2 is 1.83 bits per heavy atom. The van der Waals surface area contributed by atoms with Crippen LogP contribution in [0, 0.1) is 17.1 Å². The Kier molecular flexibility index (Phi) is 4.64. The summed E-state index contributed by atoms with van der Waals surface area (Å²) < 4.78 is 14.3. The average Bonchev–Trinajstić information content (AvgIpc) is 3.08. The lowest BCUT2D eigenvalue weighted by Gasteiger charge is -2.18. The first-order valence-corrected chi connectivity index (χ1v) is 7.97. The number of allylic oxidation sites excluding steroid dienone is 1. The average molecular weight is 327 g/mol. The first kappa shape index (κ1) is 15.6. The van der Waals surface area contributed by atoms with Gasteiger partial charge in [-0.1, -0.05) is 29.8 Å². The fourth-order valence-electron chi connectivity index (χ4n) is 2.80. The first-order valence-electron chi connectivity index (χ1n) is 7.59. The molecule has 0 atom stereocenters. The van der Waals surface area contributed by atoms with Crippen molar-refractivity contribution in [2.75, 3.05) is 18.0 Å². The Hall–Kier alpha value is -2.31. The van der Waals surface area contributed by atoms with E-state index in [0.29, 0.717) is 21.8 Å². The van der Waals surface area contributed by atoms with Crippen molar-refractivity contribution in [2.24, 2.45) is 0 Å². The zero-order valence-electron chi connectivity index (χ0n) is 12.6. The van der Waals surface area contributed by atoms with E-state index in [9.17, 15) is 9.65 Å². The summed E-state index contributed by atoms with van der Waals surface area (Å²) in [5.74, 6) is -0.242. The minimum Gasteiger partial charge on any atom is -0.369 e. The highest BCUT2D eigenvalue weighted by molar-refractivity contribution is 6.30. The molecule has 1 saturated heterocycles. The smallest absolute Gasteiger partial charge is 0.147 e. The third kappa shape index (κ3) is 3.55. The van der Waals surface area contributed by atoms with Crippen LogP contribution in [0.5, 0.6) is 0 Å². The van der Waals surface area contributed by atoms with Crippen LogP contribution >= 0.6 is 11.6 Å². The van der Waals surface area contributed by atoms with Crippen LogP contribution in [-0.2, 0) is 0 Å². The fourth-order valence-corrected chi connectivity index (χ4v) is 2.93. The molecule has 1 aliphatic heterocycles. The van der Waals surface area contributed by atoms with Gasteiger partial charge in [0, 0.05) is 18.1 Å².